The molecule has 0 aromatic heterocycles. The van der Waals surface area contributed by atoms with E-state index in [4.69, 9.17) is 26.8 Å². The summed E-state index contributed by atoms with van der Waals surface area (Å²) in [5, 5.41) is 4.15. The van der Waals surface area contributed by atoms with Crippen LogP contribution < -0.4 is 20.5 Å². The fourth-order valence-electron chi connectivity index (χ4n) is 2.51. The molecule has 1 aliphatic heterocycles. The number of hydrogen-bond acceptors (Lipinski definition) is 4. The van der Waals surface area contributed by atoms with Crippen molar-refractivity contribution in [1.29, 1.82) is 0 Å². The topological polar surface area (TPSA) is 56.5 Å². The van der Waals surface area contributed by atoms with Crippen molar-refractivity contribution in [2.45, 2.75) is 37.8 Å². The number of nitrogens with two attached hydrogens (primary N) is 1. The molecule has 18 heavy (non-hydrogen) atoms. The van der Waals surface area contributed by atoms with Gasteiger partial charge in [0.25, 0.3) is 0 Å². The molecule has 1 fully saturated rings. The molecule has 3 rings (SSSR count). The van der Waals surface area contributed by atoms with Crippen LogP contribution in [0, 0.1) is 0 Å². The van der Waals surface area contributed by atoms with Crippen molar-refractivity contribution in [2.24, 2.45) is 5.73 Å². The third kappa shape index (κ3) is 2.35. The van der Waals surface area contributed by atoms with Crippen molar-refractivity contribution in [1.82, 2.24) is 0 Å². The number of nitrogens with one attached hydrogen (secondary N) is 1. The van der Waals surface area contributed by atoms with Gasteiger partial charge >= 0.3 is 0 Å². The summed E-state index contributed by atoms with van der Waals surface area (Å²) in [7, 11) is 0. The lowest BCUT2D eigenvalue weighted by atomic mass is 9.91. The minimum absolute atomic E-state index is 0.271. The van der Waals surface area contributed by atoms with Gasteiger partial charge in [-0.1, -0.05) is 11.6 Å². The first-order valence-electron chi connectivity index (χ1n) is 6.33. The maximum Gasteiger partial charge on any atom is 0.231 e. The highest BCUT2D eigenvalue weighted by molar-refractivity contribution is 6.33. The molecule has 3 N–H and O–H groups in total. The van der Waals surface area contributed by atoms with Crippen LogP contribution >= 0.6 is 11.6 Å². The summed E-state index contributed by atoms with van der Waals surface area (Å²) < 4.78 is 10.6. The molecule has 5 heteroatoms. The first-order valence-corrected chi connectivity index (χ1v) is 6.71. The van der Waals surface area contributed by atoms with E-state index >= 15 is 0 Å². The standard InChI is InChI=1S/C13H17ClN2O2/c14-10-5-12-13(18-7-17-12)6-11(10)16-9-3-1-8(15)2-4-9/h5-6,8-9,16H,1-4,7,15H2. The molecule has 1 aromatic rings. The van der Waals surface area contributed by atoms with E-state index in [9.17, 15) is 0 Å². The van der Waals surface area contributed by atoms with Gasteiger partial charge in [0.15, 0.2) is 11.5 Å². The first kappa shape index (κ1) is 11.9. The summed E-state index contributed by atoms with van der Waals surface area (Å²) in [4.78, 5) is 0. The largest absolute Gasteiger partial charge is 0.454 e. The molecule has 98 valence electrons. The molecule has 4 nitrogen and oxygen atoms in total. The van der Waals surface area contributed by atoms with E-state index in [2.05, 4.69) is 5.32 Å². The lowest BCUT2D eigenvalue weighted by molar-refractivity contribution is 0.174. The molecule has 0 spiro atoms. The summed E-state index contributed by atoms with van der Waals surface area (Å²) in [6, 6.07) is 4.53. The van der Waals surface area contributed by atoms with Gasteiger partial charge in [-0.05, 0) is 25.7 Å². The average Bonchev–Trinajstić information content (AvgIpc) is 2.79. The van der Waals surface area contributed by atoms with Crippen LogP contribution in [0.3, 0.4) is 0 Å². The summed E-state index contributed by atoms with van der Waals surface area (Å²) in [6.45, 7) is 0.271. The normalized spacial score (nSPS) is 26.1. The van der Waals surface area contributed by atoms with Crippen LogP contribution in [-0.4, -0.2) is 18.9 Å². The zero-order chi connectivity index (χ0) is 12.5. The molecule has 0 unspecified atom stereocenters. The van der Waals surface area contributed by atoms with Crippen molar-refractivity contribution < 1.29 is 9.47 Å². The predicted octanol–water partition coefficient (Wildman–Crippen LogP) is 2.75. The number of anilines is 1. The number of fused-ring (bicyclic) bond motifs is 1. The van der Waals surface area contributed by atoms with Gasteiger partial charge in [0.1, 0.15) is 0 Å². The highest BCUT2D eigenvalue weighted by Gasteiger charge is 2.21. The van der Waals surface area contributed by atoms with Crippen LogP contribution in [0.5, 0.6) is 11.5 Å². The molecule has 1 heterocycles. The maximum absolute atomic E-state index is 6.23. The molecule has 0 saturated heterocycles. The molecule has 0 radical (unpaired) electrons. The molecule has 1 aromatic carbocycles. The number of rotatable bonds is 2. The van der Waals surface area contributed by atoms with Crippen molar-refractivity contribution in [2.75, 3.05) is 12.1 Å². The Labute approximate surface area is 111 Å². The fourth-order valence-corrected chi connectivity index (χ4v) is 2.72. The molecular weight excluding hydrogens is 252 g/mol. The van der Waals surface area contributed by atoms with E-state index in [0.717, 1.165) is 42.9 Å². The van der Waals surface area contributed by atoms with Gasteiger partial charge in [0.2, 0.25) is 6.79 Å². The van der Waals surface area contributed by atoms with E-state index < -0.39 is 0 Å². The van der Waals surface area contributed by atoms with Crippen LogP contribution in [0.25, 0.3) is 0 Å². The third-order valence-electron chi connectivity index (χ3n) is 3.59. The highest BCUT2D eigenvalue weighted by atomic mass is 35.5. The van der Waals surface area contributed by atoms with Gasteiger partial charge in [0.05, 0.1) is 10.7 Å². The van der Waals surface area contributed by atoms with Crippen LogP contribution in [0.1, 0.15) is 25.7 Å². The monoisotopic (exact) mass is 268 g/mol. The summed E-state index contributed by atoms with van der Waals surface area (Å²) in [6.07, 6.45) is 4.32. The molecule has 0 amide bonds. The highest BCUT2D eigenvalue weighted by Crippen LogP contribution is 2.39. The quantitative estimate of drug-likeness (QED) is 0.866. The molecule has 1 aliphatic carbocycles. The van der Waals surface area contributed by atoms with Gasteiger partial charge in [-0.3, -0.25) is 0 Å². The minimum Gasteiger partial charge on any atom is -0.454 e. The Kier molecular flexibility index (Phi) is 3.22. The Morgan fingerprint density at radius 2 is 1.78 bits per heavy atom. The van der Waals surface area contributed by atoms with Crippen molar-refractivity contribution in [3.8, 4) is 11.5 Å². The van der Waals surface area contributed by atoms with Crippen molar-refractivity contribution in [3.05, 3.63) is 17.2 Å². The average molecular weight is 269 g/mol. The Balaban J connectivity index is 1.73. The SMILES string of the molecule is NC1CCC(Nc2cc3c(cc2Cl)OCO3)CC1. The second kappa shape index (κ2) is 4.86. The molecule has 2 aliphatic rings. The summed E-state index contributed by atoms with van der Waals surface area (Å²) in [5.41, 5.74) is 6.82. The second-order valence-electron chi connectivity index (χ2n) is 4.94. The van der Waals surface area contributed by atoms with Crippen LogP contribution in [-0.2, 0) is 0 Å². The van der Waals surface area contributed by atoms with Gasteiger partial charge in [-0.25, -0.2) is 0 Å². The Morgan fingerprint density at radius 3 is 2.50 bits per heavy atom. The summed E-state index contributed by atoms with van der Waals surface area (Å²) >= 11 is 6.23. The summed E-state index contributed by atoms with van der Waals surface area (Å²) in [5.74, 6) is 1.48. The first-order chi connectivity index (χ1) is 8.72. The number of halogens is 1. The van der Waals surface area contributed by atoms with Crippen LogP contribution in [0.2, 0.25) is 5.02 Å². The predicted molar refractivity (Wildman–Crippen MR) is 71.4 cm³/mol. The van der Waals surface area contributed by atoms with Gasteiger partial charge < -0.3 is 20.5 Å². The fraction of sp³-hybridized carbons (Fsp3) is 0.538. The Morgan fingerprint density at radius 1 is 1.11 bits per heavy atom. The van der Waals surface area contributed by atoms with Gasteiger partial charge in [-0.2, -0.15) is 0 Å². The van der Waals surface area contributed by atoms with Gasteiger partial charge in [0, 0.05) is 24.2 Å². The van der Waals surface area contributed by atoms with E-state index in [1.54, 1.807) is 6.07 Å². The smallest absolute Gasteiger partial charge is 0.231 e. The molecule has 0 atom stereocenters. The number of hydrogen-bond donors (Lipinski definition) is 2. The van der Waals surface area contributed by atoms with Crippen molar-refractivity contribution >= 4 is 17.3 Å². The van der Waals surface area contributed by atoms with Crippen LogP contribution in [0.4, 0.5) is 5.69 Å². The van der Waals surface area contributed by atoms with E-state index in [0.29, 0.717) is 17.1 Å². The van der Waals surface area contributed by atoms with E-state index in [1.807, 2.05) is 6.07 Å². The lowest BCUT2D eigenvalue weighted by Gasteiger charge is -2.28. The molecule has 1 saturated carbocycles. The zero-order valence-electron chi connectivity index (χ0n) is 10.1. The van der Waals surface area contributed by atoms with Gasteiger partial charge in [-0.15, -0.1) is 0 Å². The van der Waals surface area contributed by atoms with Crippen LogP contribution in [0.15, 0.2) is 12.1 Å². The van der Waals surface area contributed by atoms with Crippen molar-refractivity contribution in [3.63, 3.8) is 0 Å². The van der Waals surface area contributed by atoms with E-state index in [-0.39, 0.29) is 6.79 Å². The van der Waals surface area contributed by atoms with E-state index in [1.165, 1.54) is 0 Å². The Hall–Kier alpha value is -1.13. The maximum atomic E-state index is 6.23. The second-order valence-corrected chi connectivity index (χ2v) is 5.35. The minimum atomic E-state index is 0.271. The molecule has 0 bridgehead atoms. The Bertz CT molecular complexity index is 445. The number of ether oxygens (including phenoxy) is 2. The number of benzene rings is 1. The zero-order valence-corrected chi connectivity index (χ0v) is 10.9. The molecular formula is C13H17ClN2O2. The lowest BCUT2D eigenvalue weighted by Crippen LogP contribution is -2.32. The third-order valence-corrected chi connectivity index (χ3v) is 3.91.